The summed E-state index contributed by atoms with van der Waals surface area (Å²) in [5.41, 5.74) is 0. The van der Waals surface area contributed by atoms with Gasteiger partial charge >= 0.3 is 0 Å². The van der Waals surface area contributed by atoms with Gasteiger partial charge in [0.1, 0.15) is 0 Å². The number of rotatable bonds is 4. The lowest BCUT2D eigenvalue weighted by molar-refractivity contribution is -0.126. The first-order valence-corrected chi connectivity index (χ1v) is 7.86. The standard InChI is InChI=1S/C15H22ClFN4O/c1-10(2)19-15(22)11(3)20-4-6-21(7-5-20)14-13(17)8-12(16)9-18-14/h8-11H,4-7H2,1-3H3,(H,19,22). The molecule has 1 aliphatic heterocycles. The van der Waals surface area contributed by atoms with Crippen molar-refractivity contribution in [3.63, 3.8) is 0 Å². The molecule has 1 atom stereocenters. The van der Waals surface area contributed by atoms with Gasteiger partial charge in [0.2, 0.25) is 5.91 Å². The Labute approximate surface area is 135 Å². The molecule has 2 rings (SSSR count). The maximum Gasteiger partial charge on any atom is 0.237 e. The Hall–Kier alpha value is -1.40. The first-order valence-electron chi connectivity index (χ1n) is 7.49. The van der Waals surface area contributed by atoms with Gasteiger partial charge in [0.15, 0.2) is 11.6 Å². The number of piperazine rings is 1. The fraction of sp³-hybridized carbons (Fsp3) is 0.600. The van der Waals surface area contributed by atoms with E-state index in [4.69, 9.17) is 11.6 Å². The summed E-state index contributed by atoms with van der Waals surface area (Å²) in [6.45, 7) is 8.42. The second-order valence-corrected chi connectivity index (χ2v) is 6.26. The molecule has 1 aromatic rings. The van der Waals surface area contributed by atoms with Crippen molar-refractivity contribution in [3.8, 4) is 0 Å². The summed E-state index contributed by atoms with van der Waals surface area (Å²) in [5.74, 6) is -0.0610. The van der Waals surface area contributed by atoms with Gasteiger partial charge in [0, 0.05) is 38.4 Å². The monoisotopic (exact) mass is 328 g/mol. The zero-order chi connectivity index (χ0) is 16.3. The molecular formula is C15H22ClFN4O. The number of anilines is 1. The van der Waals surface area contributed by atoms with E-state index in [0.717, 1.165) is 0 Å². The SMILES string of the molecule is CC(C)NC(=O)C(C)N1CCN(c2ncc(Cl)cc2F)CC1. The summed E-state index contributed by atoms with van der Waals surface area (Å²) in [6.07, 6.45) is 1.45. The predicted octanol–water partition coefficient (Wildman–Crippen LogP) is 1.91. The van der Waals surface area contributed by atoms with Crippen LogP contribution in [-0.2, 0) is 4.79 Å². The van der Waals surface area contributed by atoms with Crippen LogP contribution in [0.3, 0.4) is 0 Å². The number of hydrogen-bond acceptors (Lipinski definition) is 4. The molecule has 1 amide bonds. The fourth-order valence-corrected chi connectivity index (χ4v) is 2.68. The van der Waals surface area contributed by atoms with E-state index < -0.39 is 5.82 Å². The number of hydrogen-bond donors (Lipinski definition) is 1. The maximum absolute atomic E-state index is 13.9. The number of nitrogens with one attached hydrogen (secondary N) is 1. The normalized spacial score (nSPS) is 17.6. The van der Waals surface area contributed by atoms with E-state index in [2.05, 4.69) is 15.2 Å². The summed E-state index contributed by atoms with van der Waals surface area (Å²) in [6, 6.07) is 1.21. The Morgan fingerprint density at radius 1 is 1.32 bits per heavy atom. The largest absolute Gasteiger partial charge is 0.353 e. The van der Waals surface area contributed by atoms with Gasteiger partial charge < -0.3 is 10.2 Å². The van der Waals surface area contributed by atoms with E-state index in [-0.39, 0.29) is 18.0 Å². The average Bonchev–Trinajstić information content (AvgIpc) is 2.46. The molecule has 0 bridgehead atoms. The van der Waals surface area contributed by atoms with Gasteiger partial charge in [-0.3, -0.25) is 9.69 Å². The molecule has 1 saturated heterocycles. The van der Waals surface area contributed by atoms with Gasteiger partial charge in [-0.1, -0.05) is 11.6 Å². The summed E-state index contributed by atoms with van der Waals surface area (Å²) in [5, 5.41) is 3.21. The zero-order valence-electron chi connectivity index (χ0n) is 13.1. The number of pyridine rings is 1. The van der Waals surface area contributed by atoms with E-state index in [1.165, 1.54) is 12.3 Å². The zero-order valence-corrected chi connectivity index (χ0v) is 13.9. The first kappa shape index (κ1) is 17.0. The second kappa shape index (κ2) is 7.24. The van der Waals surface area contributed by atoms with Crippen LogP contribution in [0.1, 0.15) is 20.8 Å². The van der Waals surface area contributed by atoms with Gasteiger partial charge in [-0.15, -0.1) is 0 Å². The number of aromatic nitrogens is 1. The minimum Gasteiger partial charge on any atom is -0.353 e. The van der Waals surface area contributed by atoms with Crippen molar-refractivity contribution in [1.29, 1.82) is 0 Å². The van der Waals surface area contributed by atoms with Crippen LogP contribution in [-0.4, -0.2) is 54.1 Å². The van der Waals surface area contributed by atoms with Crippen LogP contribution in [0.15, 0.2) is 12.3 Å². The quantitative estimate of drug-likeness (QED) is 0.917. The van der Waals surface area contributed by atoms with Gasteiger partial charge in [-0.25, -0.2) is 9.37 Å². The highest BCUT2D eigenvalue weighted by molar-refractivity contribution is 6.30. The molecule has 1 aromatic heterocycles. The summed E-state index contributed by atoms with van der Waals surface area (Å²) in [7, 11) is 0. The van der Waals surface area contributed by atoms with Gasteiger partial charge in [0.05, 0.1) is 11.1 Å². The van der Waals surface area contributed by atoms with Gasteiger partial charge in [0.25, 0.3) is 0 Å². The van der Waals surface area contributed by atoms with Crippen molar-refractivity contribution in [3.05, 3.63) is 23.1 Å². The number of carbonyl (C=O) groups excluding carboxylic acids is 1. The van der Waals surface area contributed by atoms with Crippen molar-refractivity contribution >= 4 is 23.3 Å². The van der Waals surface area contributed by atoms with Crippen molar-refractivity contribution < 1.29 is 9.18 Å². The lowest BCUT2D eigenvalue weighted by Crippen LogP contribution is -2.54. The van der Waals surface area contributed by atoms with Crippen LogP contribution in [0.25, 0.3) is 0 Å². The molecule has 1 N–H and O–H groups in total. The minimum absolute atomic E-state index is 0.0271. The topological polar surface area (TPSA) is 48.5 Å². The molecule has 1 aliphatic rings. The van der Waals surface area contributed by atoms with Gasteiger partial charge in [-0.2, -0.15) is 0 Å². The van der Waals surface area contributed by atoms with Crippen molar-refractivity contribution in [1.82, 2.24) is 15.2 Å². The average molecular weight is 329 g/mol. The van der Waals surface area contributed by atoms with E-state index in [9.17, 15) is 9.18 Å². The third kappa shape index (κ3) is 4.08. The van der Waals surface area contributed by atoms with Crippen LogP contribution in [0.4, 0.5) is 10.2 Å². The molecule has 1 fully saturated rings. The molecule has 7 heteroatoms. The summed E-state index contributed by atoms with van der Waals surface area (Å²) in [4.78, 5) is 20.1. The smallest absolute Gasteiger partial charge is 0.237 e. The number of carbonyl (C=O) groups is 1. The number of amides is 1. The molecular weight excluding hydrogens is 307 g/mol. The molecule has 5 nitrogen and oxygen atoms in total. The molecule has 2 heterocycles. The van der Waals surface area contributed by atoms with Crippen LogP contribution in [0, 0.1) is 5.82 Å². The van der Waals surface area contributed by atoms with Crippen LogP contribution in [0.5, 0.6) is 0 Å². The Morgan fingerprint density at radius 2 is 1.95 bits per heavy atom. The van der Waals surface area contributed by atoms with Crippen molar-refractivity contribution in [2.24, 2.45) is 0 Å². The minimum atomic E-state index is -0.411. The highest BCUT2D eigenvalue weighted by atomic mass is 35.5. The third-order valence-corrected chi connectivity index (χ3v) is 3.97. The highest BCUT2D eigenvalue weighted by Crippen LogP contribution is 2.21. The number of halogens is 2. The van der Waals surface area contributed by atoms with Crippen LogP contribution >= 0.6 is 11.6 Å². The maximum atomic E-state index is 13.9. The highest BCUT2D eigenvalue weighted by Gasteiger charge is 2.27. The Bertz CT molecular complexity index is 532. The van der Waals surface area contributed by atoms with Crippen molar-refractivity contribution in [2.75, 3.05) is 31.1 Å². The summed E-state index contributed by atoms with van der Waals surface area (Å²) < 4.78 is 13.9. The van der Waals surface area contributed by atoms with Crippen LogP contribution in [0.2, 0.25) is 5.02 Å². The first-order chi connectivity index (χ1) is 10.4. The van der Waals surface area contributed by atoms with E-state index in [0.29, 0.717) is 37.0 Å². The molecule has 1 unspecified atom stereocenters. The van der Waals surface area contributed by atoms with Crippen LogP contribution < -0.4 is 10.2 Å². The Balaban J connectivity index is 1.94. The molecule has 0 aromatic carbocycles. The predicted molar refractivity (Wildman–Crippen MR) is 85.7 cm³/mol. The lowest BCUT2D eigenvalue weighted by Gasteiger charge is -2.38. The molecule has 0 saturated carbocycles. The lowest BCUT2D eigenvalue weighted by atomic mass is 10.2. The molecule has 22 heavy (non-hydrogen) atoms. The van der Waals surface area contributed by atoms with Crippen molar-refractivity contribution in [2.45, 2.75) is 32.9 Å². The Kier molecular flexibility index (Phi) is 5.58. The van der Waals surface area contributed by atoms with Gasteiger partial charge in [-0.05, 0) is 26.8 Å². The Morgan fingerprint density at radius 3 is 2.50 bits per heavy atom. The van der Waals surface area contributed by atoms with E-state index in [1.807, 2.05) is 25.7 Å². The molecule has 122 valence electrons. The van der Waals surface area contributed by atoms with E-state index >= 15 is 0 Å². The molecule has 0 radical (unpaired) electrons. The summed E-state index contributed by atoms with van der Waals surface area (Å²) >= 11 is 5.72. The molecule has 0 aliphatic carbocycles. The molecule has 0 spiro atoms. The second-order valence-electron chi connectivity index (χ2n) is 5.82. The number of nitrogens with zero attached hydrogens (tertiary/aromatic N) is 3. The fourth-order valence-electron chi connectivity index (χ4n) is 2.53. The third-order valence-electron chi connectivity index (χ3n) is 3.76. The van der Waals surface area contributed by atoms with E-state index in [1.54, 1.807) is 0 Å².